The maximum absolute atomic E-state index is 11.2. The van der Waals surface area contributed by atoms with Crippen LogP contribution in [0.25, 0.3) is 6.08 Å². The Morgan fingerprint density at radius 3 is 2.86 bits per heavy atom. The van der Waals surface area contributed by atoms with Gasteiger partial charge in [-0.25, -0.2) is 4.79 Å². The van der Waals surface area contributed by atoms with E-state index in [-0.39, 0.29) is 18.0 Å². The molecule has 0 bridgehead atoms. The van der Waals surface area contributed by atoms with E-state index in [1.54, 1.807) is 6.08 Å². The third-order valence-corrected chi connectivity index (χ3v) is 3.05. The molecular formula is C17H18O4. The van der Waals surface area contributed by atoms with Crippen molar-refractivity contribution in [2.75, 3.05) is 0 Å². The van der Waals surface area contributed by atoms with Gasteiger partial charge in [0.05, 0.1) is 0 Å². The van der Waals surface area contributed by atoms with Gasteiger partial charge in [0.25, 0.3) is 0 Å². The first-order valence-electron chi connectivity index (χ1n) is 6.91. The number of rotatable bonds is 5. The summed E-state index contributed by atoms with van der Waals surface area (Å²) < 4.78 is 10.5. The highest BCUT2D eigenvalue weighted by Gasteiger charge is 2.21. The highest BCUT2D eigenvalue weighted by Crippen LogP contribution is 2.17. The summed E-state index contributed by atoms with van der Waals surface area (Å²) in [5.41, 5.74) is 1.02. The van der Waals surface area contributed by atoms with Gasteiger partial charge < -0.3 is 9.47 Å². The maximum Gasteiger partial charge on any atom is 0.330 e. The molecule has 0 radical (unpaired) electrons. The lowest BCUT2D eigenvalue weighted by molar-refractivity contribution is -0.149. The quantitative estimate of drug-likeness (QED) is 0.781. The van der Waals surface area contributed by atoms with Crippen LogP contribution in [-0.4, -0.2) is 24.1 Å². The molecule has 1 aromatic carbocycles. The molecule has 1 heterocycles. The zero-order chi connectivity index (χ0) is 15.1. The van der Waals surface area contributed by atoms with Gasteiger partial charge in [-0.1, -0.05) is 42.5 Å². The van der Waals surface area contributed by atoms with E-state index < -0.39 is 6.10 Å². The topological polar surface area (TPSA) is 52.6 Å². The van der Waals surface area contributed by atoms with Crippen LogP contribution in [0.5, 0.6) is 0 Å². The molecule has 0 saturated carbocycles. The number of ether oxygens (including phenoxy) is 2. The molecule has 0 saturated heterocycles. The molecule has 1 aliphatic rings. The minimum absolute atomic E-state index is 0.257. The molecule has 0 fully saturated rings. The van der Waals surface area contributed by atoms with Gasteiger partial charge in [0, 0.05) is 25.8 Å². The van der Waals surface area contributed by atoms with Crippen LogP contribution in [0.4, 0.5) is 0 Å². The molecule has 0 aliphatic carbocycles. The van der Waals surface area contributed by atoms with E-state index in [1.165, 1.54) is 13.0 Å². The van der Waals surface area contributed by atoms with Gasteiger partial charge in [0.2, 0.25) is 0 Å². The molecule has 21 heavy (non-hydrogen) atoms. The fourth-order valence-corrected chi connectivity index (χ4v) is 2.13. The molecular weight excluding hydrogens is 268 g/mol. The van der Waals surface area contributed by atoms with E-state index in [0.29, 0.717) is 12.8 Å². The highest BCUT2D eigenvalue weighted by molar-refractivity contribution is 5.82. The SMILES string of the molecule is CC(=O)OC(C=Cc1ccccc1)CC1CC=CC(=O)O1. The van der Waals surface area contributed by atoms with Crippen molar-refractivity contribution < 1.29 is 19.1 Å². The fourth-order valence-electron chi connectivity index (χ4n) is 2.13. The molecule has 2 atom stereocenters. The van der Waals surface area contributed by atoms with E-state index in [9.17, 15) is 9.59 Å². The summed E-state index contributed by atoms with van der Waals surface area (Å²) in [6.07, 6.45) is 7.34. The Balaban J connectivity index is 2.00. The van der Waals surface area contributed by atoms with Crippen molar-refractivity contribution in [3.05, 3.63) is 54.1 Å². The minimum atomic E-state index is -0.410. The molecule has 0 aromatic heterocycles. The Morgan fingerprint density at radius 1 is 1.43 bits per heavy atom. The number of carbonyl (C=O) groups is 2. The molecule has 1 aliphatic heterocycles. The van der Waals surface area contributed by atoms with Crippen LogP contribution in [0.2, 0.25) is 0 Å². The van der Waals surface area contributed by atoms with Gasteiger partial charge in [0.1, 0.15) is 12.2 Å². The number of benzene rings is 1. The van der Waals surface area contributed by atoms with Gasteiger partial charge in [-0.2, -0.15) is 0 Å². The molecule has 2 rings (SSSR count). The predicted octanol–water partition coefficient (Wildman–Crippen LogP) is 2.89. The number of hydrogen-bond acceptors (Lipinski definition) is 4. The first-order valence-corrected chi connectivity index (χ1v) is 6.91. The minimum Gasteiger partial charge on any atom is -0.459 e. The number of hydrogen-bond donors (Lipinski definition) is 0. The smallest absolute Gasteiger partial charge is 0.330 e. The summed E-state index contributed by atoms with van der Waals surface area (Å²) in [7, 11) is 0. The van der Waals surface area contributed by atoms with E-state index in [1.807, 2.05) is 42.5 Å². The Bertz CT molecular complexity index is 545. The summed E-state index contributed by atoms with van der Waals surface area (Å²) in [5.74, 6) is -0.699. The first-order chi connectivity index (χ1) is 10.1. The van der Waals surface area contributed by atoms with Gasteiger partial charge in [0.15, 0.2) is 0 Å². The zero-order valence-corrected chi connectivity index (χ0v) is 11.9. The van der Waals surface area contributed by atoms with Crippen LogP contribution in [0.3, 0.4) is 0 Å². The van der Waals surface area contributed by atoms with Crippen molar-refractivity contribution >= 4 is 18.0 Å². The van der Waals surface area contributed by atoms with E-state index in [2.05, 4.69) is 0 Å². The molecule has 4 nitrogen and oxygen atoms in total. The Kier molecular flexibility index (Phi) is 5.32. The molecule has 1 aromatic rings. The summed E-state index contributed by atoms with van der Waals surface area (Å²) >= 11 is 0. The lowest BCUT2D eigenvalue weighted by Gasteiger charge is -2.22. The third-order valence-electron chi connectivity index (χ3n) is 3.05. The predicted molar refractivity (Wildman–Crippen MR) is 79.3 cm³/mol. The maximum atomic E-state index is 11.2. The Hall–Kier alpha value is -2.36. The van der Waals surface area contributed by atoms with Crippen LogP contribution in [0, 0.1) is 0 Å². The zero-order valence-electron chi connectivity index (χ0n) is 11.9. The average molecular weight is 286 g/mol. The van der Waals surface area contributed by atoms with Crippen LogP contribution in [0.1, 0.15) is 25.3 Å². The van der Waals surface area contributed by atoms with Gasteiger partial charge in [-0.3, -0.25) is 4.79 Å². The lowest BCUT2D eigenvalue weighted by atomic mass is 10.1. The molecule has 0 amide bonds. The largest absolute Gasteiger partial charge is 0.459 e. The first kappa shape index (κ1) is 15.0. The number of esters is 2. The van der Waals surface area contributed by atoms with Crippen LogP contribution < -0.4 is 0 Å². The molecule has 4 heteroatoms. The molecule has 0 spiro atoms. The third kappa shape index (κ3) is 5.26. The lowest BCUT2D eigenvalue weighted by Crippen LogP contribution is -2.26. The van der Waals surface area contributed by atoms with Crippen molar-refractivity contribution in [3.8, 4) is 0 Å². The second kappa shape index (κ2) is 7.43. The van der Waals surface area contributed by atoms with Crippen LogP contribution >= 0.6 is 0 Å². The Morgan fingerprint density at radius 2 is 2.19 bits per heavy atom. The van der Waals surface area contributed by atoms with Crippen molar-refractivity contribution in [2.24, 2.45) is 0 Å². The van der Waals surface area contributed by atoms with Crippen molar-refractivity contribution in [1.29, 1.82) is 0 Å². The molecule has 2 unspecified atom stereocenters. The van der Waals surface area contributed by atoms with Crippen LogP contribution in [-0.2, 0) is 19.1 Å². The number of carbonyl (C=O) groups excluding carboxylic acids is 2. The van der Waals surface area contributed by atoms with Gasteiger partial charge in [-0.05, 0) is 11.6 Å². The van der Waals surface area contributed by atoms with Crippen molar-refractivity contribution in [3.63, 3.8) is 0 Å². The monoisotopic (exact) mass is 286 g/mol. The normalized spacial score (nSPS) is 19.3. The summed E-state index contributed by atoms with van der Waals surface area (Å²) in [6, 6.07) is 9.74. The standard InChI is InChI=1S/C17H18O4/c1-13(18)20-16(11-10-14-6-3-2-4-7-14)12-15-8-5-9-17(19)21-15/h2-7,9-11,15-16H,8,12H2,1H3. The van der Waals surface area contributed by atoms with E-state index in [0.717, 1.165) is 5.56 Å². The highest BCUT2D eigenvalue weighted by atomic mass is 16.6. The van der Waals surface area contributed by atoms with Crippen molar-refractivity contribution in [1.82, 2.24) is 0 Å². The summed E-state index contributed by atoms with van der Waals surface area (Å²) in [4.78, 5) is 22.4. The van der Waals surface area contributed by atoms with Crippen molar-refractivity contribution in [2.45, 2.75) is 32.0 Å². The Labute approximate surface area is 124 Å². The summed E-state index contributed by atoms with van der Waals surface area (Å²) in [5, 5.41) is 0. The summed E-state index contributed by atoms with van der Waals surface area (Å²) in [6.45, 7) is 1.37. The second-order valence-electron chi connectivity index (χ2n) is 4.85. The second-order valence-corrected chi connectivity index (χ2v) is 4.85. The van der Waals surface area contributed by atoms with E-state index >= 15 is 0 Å². The number of cyclic esters (lactones) is 1. The van der Waals surface area contributed by atoms with Crippen LogP contribution in [0.15, 0.2) is 48.6 Å². The molecule has 110 valence electrons. The molecule has 0 N–H and O–H groups in total. The van der Waals surface area contributed by atoms with E-state index in [4.69, 9.17) is 9.47 Å². The fraction of sp³-hybridized carbons (Fsp3) is 0.294. The van der Waals surface area contributed by atoms with Gasteiger partial charge >= 0.3 is 11.9 Å². The average Bonchev–Trinajstić information content (AvgIpc) is 2.45. The van der Waals surface area contributed by atoms with Gasteiger partial charge in [-0.15, -0.1) is 0 Å².